The molecule has 0 fully saturated rings. The first-order valence-electron chi connectivity index (χ1n) is 8.71. The number of carboxylic acid groups (broad SMARTS) is 1. The highest BCUT2D eigenvalue weighted by Crippen LogP contribution is 2.46. The first kappa shape index (κ1) is 17.9. The number of carboxylic acids is 1. The molecule has 4 aromatic rings. The van der Waals surface area contributed by atoms with E-state index in [-0.39, 0.29) is 10.6 Å². The van der Waals surface area contributed by atoms with Crippen molar-refractivity contribution in [3.63, 3.8) is 0 Å². The molecule has 4 aromatic heterocycles. The van der Waals surface area contributed by atoms with Gasteiger partial charge >= 0.3 is 12.0 Å². The molecule has 0 atom stereocenters. The van der Waals surface area contributed by atoms with Crippen LogP contribution < -0.4 is 15.0 Å². The summed E-state index contributed by atoms with van der Waals surface area (Å²) >= 11 is 1.02. The summed E-state index contributed by atoms with van der Waals surface area (Å²) in [5.41, 5.74) is 2.05. The van der Waals surface area contributed by atoms with Crippen LogP contribution in [0.3, 0.4) is 0 Å². The minimum absolute atomic E-state index is 0.0421. The fourth-order valence-corrected chi connectivity index (χ4v) is 4.19. The predicted molar refractivity (Wildman–Crippen MR) is 109 cm³/mol. The van der Waals surface area contributed by atoms with Crippen LogP contribution in [0.4, 0.5) is 21.9 Å². The molecule has 1 aliphatic heterocycles. The summed E-state index contributed by atoms with van der Waals surface area (Å²) < 4.78 is 5.59. The molecule has 2 N–H and O–H groups in total. The number of rotatable bonds is 4. The molecule has 30 heavy (non-hydrogen) atoms. The van der Waals surface area contributed by atoms with Crippen LogP contribution in [0.1, 0.15) is 15.2 Å². The van der Waals surface area contributed by atoms with Gasteiger partial charge in [0.15, 0.2) is 0 Å². The first-order valence-corrected chi connectivity index (χ1v) is 9.52. The largest absolute Gasteiger partial charge is 0.477 e. The maximum Gasteiger partial charge on any atom is 0.348 e. The quantitative estimate of drug-likeness (QED) is 0.507. The lowest BCUT2D eigenvalue weighted by Crippen LogP contribution is -2.34. The van der Waals surface area contributed by atoms with Crippen LogP contribution in [-0.2, 0) is 0 Å². The van der Waals surface area contributed by atoms with Gasteiger partial charge in [-0.25, -0.2) is 19.6 Å². The highest BCUT2D eigenvalue weighted by molar-refractivity contribution is 7.21. The van der Waals surface area contributed by atoms with E-state index in [0.29, 0.717) is 33.4 Å². The summed E-state index contributed by atoms with van der Waals surface area (Å²) in [6.45, 7) is 1.82. The number of carbonyl (C=O) groups excluding carboxylic acids is 1. The topological polar surface area (TPSA) is 130 Å². The van der Waals surface area contributed by atoms with Gasteiger partial charge in [-0.05, 0) is 24.6 Å². The minimum Gasteiger partial charge on any atom is -0.477 e. The summed E-state index contributed by atoms with van der Waals surface area (Å²) in [7, 11) is 0. The van der Waals surface area contributed by atoms with E-state index in [1.54, 1.807) is 30.5 Å². The number of aryl methyl sites for hydroxylation is 1. The van der Waals surface area contributed by atoms with Gasteiger partial charge in [-0.1, -0.05) is 0 Å². The normalized spacial score (nSPS) is 12.7. The SMILES string of the molecule is Cc1cc(Oc2cccnn2)ncc1N1C(=O)Nc2c(C(=O)O)sc3nccc1c23. The van der Waals surface area contributed by atoms with Crippen molar-refractivity contribution in [1.29, 1.82) is 0 Å². The van der Waals surface area contributed by atoms with Gasteiger partial charge in [-0.3, -0.25) is 4.90 Å². The van der Waals surface area contributed by atoms with E-state index >= 15 is 0 Å². The van der Waals surface area contributed by atoms with Gasteiger partial charge < -0.3 is 15.2 Å². The zero-order chi connectivity index (χ0) is 20.8. The molecule has 0 saturated carbocycles. The highest BCUT2D eigenvalue weighted by atomic mass is 32.1. The number of anilines is 3. The number of nitrogens with zero attached hydrogens (tertiary/aromatic N) is 5. The average Bonchev–Trinajstić information content (AvgIpc) is 3.10. The Hall–Kier alpha value is -4.12. The van der Waals surface area contributed by atoms with Gasteiger partial charge in [-0.15, -0.1) is 16.4 Å². The van der Waals surface area contributed by atoms with E-state index in [0.717, 1.165) is 16.9 Å². The Bertz CT molecular complexity index is 1320. The molecule has 0 spiro atoms. The van der Waals surface area contributed by atoms with Crippen LogP contribution in [0, 0.1) is 6.92 Å². The molecule has 5 rings (SSSR count). The Morgan fingerprint density at radius 3 is 2.80 bits per heavy atom. The van der Waals surface area contributed by atoms with Crippen LogP contribution in [0.25, 0.3) is 10.2 Å². The van der Waals surface area contributed by atoms with E-state index in [1.165, 1.54) is 17.3 Å². The Balaban J connectivity index is 1.59. The number of pyridine rings is 2. The molecule has 11 heteroatoms. The Morgan fingerprint density at radius 1 is 1.20 bits per heavy atom. The van der Waals surface area contributed by atoms with E-state index in [4.69, 9.17) is 4.74 Å². The standard InChI is InChI=1S/C19H12N6O4S/c1-9-7-13(29-12-3-2-5-22-24-12)21-8-11(9)25-10-4-6-20-17-14(10)15(23-19(25)28)16(30-17)18(26)27/h2-8H,1H3,(H,23,28)(H,26,27). The summed E-state index contributed by atoms with van der Waals surface area (Å²) in [6.07, 6.45) is 4.60. The second-order valence-corrected chi connectivity index (χ2v) is 7.36. The molecule has 0 bridgehead atoms. The molecule has 0 saturated heterocycles. The van der Waals surface area contributed by atoms with E-state index in [2.05, 4.69) is 25.5 Å². The lowest BCUT2D eigenvalue weighted by molar-refractivity contribution is 0.0703. The number of urea groups is 1. The molecule has 10 nitrogen and oxygen atoms in total. The maximum atomic E-state index is 12.9. The number of aromatic carboxylic acids is 1. The molecule has 1 aliphatic rings. The predicted octanol–water partition coefficient (Wildman–Crippen LogP) is 3.96. The molecule has 0 unspecified atom stereocenters. The smallest absolute Gasteiger partial charge is 0.348 e. The fraction of sp³-hybridized carbons (Fsp3) is 0.0526. The number of amides is 2. The highest BCUT2D eigenvalue weighted by Gasteiger charge is 2.33. The van der Waals surface area contributed by atoms with Crippen molar-refractivity contribution in [1.82, 2.24) is 20.2 Å². The van der Waals surface area contributed by atoms with E-state index in [1.807, 2.05) is 6.92 Å². The van der Waals surface area contributed by atoms with Crippen LogP contribution in [0.5, 0.6) is 11.8 Å². The number of hydrogen-bond acceptors (Lipinski definition) is 8. The summed E-state index contributed by atoms with van der Waals surface area (Å²) in [6, 6.07) is 6.22. The Kier molecular flexibility index (Phi) is 4.03. The third-order valence-corrected chi connectivity index (χ3v) is 5.58. The van der Waals surface area contributed by atoms with Crippen molar-refractivity contribution in [3.05, 3.63) is 53.3 Å². The van der Waals surface area contributed by atoms with Gasteiger partial charge in [0.1, 0.15) is 9.71 Å². The molecule has 0 aromatic carbocycles. The lowest BCUT2D eigenvalue weighted by Gasteiger charge is -2.29. The molecule has 0 aliphatic carbocycles. The third-order valence-electron chi connectivity index (χ3n) is 4.50. The van der Waals surface area contributed by atoms with Crippen LogP contribution in [-0.4, -0.2) is 37.3 Å². The molecule has 2 amide bonds. The minimum atomic E-state index is -1.11. The van der Waals surface area contributed by atoms with E-state index in [9.17, 15) is 14.7 Å². The Morgan fingerprint density at radius 2 is 2.07 bits per heavy atom. The fourth-order valence-electron chi connectivity index (χ4n) is 3.24. The number of nitrogens with one attached hydrogen (secondary N) is 1. The third kappa shape index (κ3) is 2.79. The Labute approximate surface area is 172 Å². The second-order valence-electron chi connectivity index (χ2n) is 6.36. The number of carbonyl (C=O) groups is 2. The number of aromatic nitrogens is 4. The summed E-state index contributed by atoms with van der Waals surface area (Å²) in [5.74, 6) is -0.512. The number of ether oxygens (including phenoxy) is 1. The molecule has 5 heterocycles. The van der Waals surface area contributed by atoms with Gasteiger partial charge in [0.2, 0.25) is 11.8 Å². The number of hydrogen-bond donors (Lipinski definition) is 2. The molecule has 148 valence electrons. The van der Waals surface area contributed by atoms with Crippen molar-refractivity contribution in [2.45, 2.75) is 6.92 Å². The summed E-state index contributed by atoms with van der Waals surface area (Å²) in [4.78, 5) is 35.0. The average molecular weight is 420 g/mol. The number of thiophene rings is 1. The zero-order valence-electron chi connectivity index (χ0n) is 15.4. The molecular formula is C19H12N6O4S. The van der Waals surface area contributed by atoms with Crippen molar-refractivity contribution >= 4 is 50.6 Å². The summed E-state index contributed by atoms with van der Waals surface area (Å²) in [5, 5.41) is 20.3. The van der Waals surface area contributed by atoms with Gasteiger partial charge in [0.05, 0.1) is 28.6 Å². The second kappa shape index (κ2) is 6.74. The van der Waals surface area contributed by atoms with E-state index < -0.39 is 12.0 Å². The van der Waals surface area contributed by atoms with Crippen LogP contribution in [0.2, 0.25) is 0 Å². The van der Waals surface area contributed by atoms with Crippen molar-refractivity contribution in [2.24, 2.45) is 0 Å². The first-order chi connectivity index (χ1) is 14.5. The maximum absolute atomic E-state index is 12.9. The molecule has 0 radical (unpaired) electrons. The van der Waals surface area contributed by atoms with Crippen molar-refractivity contribution in [2.75, 3.05) is 10.2 Å². The van der Waals surface area contributed by atoms with Gasteiger partial charge in [0, 0.05) is 24.5 Å². The van der Waals surface area contributed by atoms with Gasteiger partial charge in [0.25, 0.3) is 0 Å². The van der Waals surface area contributed by atoms with Crippen molar-refractivity contribution in [3.8, 4) is 11.8 Å². The lowest BCUT2D eigenvalue weighted by atomic mass is 10.1. The zero-order valence-corrected chi connectivity index (χ0v) is 16.2. The van der Waals surface area contributed by atoms with Gasteiger partial charge in [-0.2, -0.15) is 5.10 Å². The van der Waals surface area contributed by atoms with Crippen LogP contribution in [0.15, 0.2) is 42.9 Å². The van der Waals surface area contributed by atoms with Crippen LogP contribution >= 0.6 is 11.3 Å². The van der Waals surface area contributed by atoms with Crippen molar-refractivity contribution < 1.29 is 19.4 Å². The monoisotopic (exact) mass is 420 g/mol. The molecular weight excluding hydrogens is 408 g/mol.